The van der Waals surface area contributed by atoms with Gasteiger partial charge in [-0.05, 0) is 48.4 Å². The number of aromatic nitrogens is 5. The topological polar surface area (TPSA) is 92.9 Å². The Morgan fingerprint density at radius 3 is 2.19 bits per heavy atom. The van der Waals surface area contributed by atoms with Crippen LogP contribution in [0.1, 0.15) is 23.4 Å². The monoisotopic (exact) mass is 560 g/mol. The fourth-order valence-corrected chi connectivity index (χ4v) is 5.24. The van der Waals surface area contributed by atoms with Gasteiger partial charge < -0.3 is 10.6 Å². The number of rotatable bonds is 9. The van der Waals surface area contributed by atoms with Gasteiger partial charge in [-0.2, -0.15) is 5.10 Å². The molecule has 0 radical (unpaired) electrons. The van der Waals surface area contributed by atoms with Crippen molar-refractivity contribution in [2.24, 2.45) is 0 Å². The number of aryl methyl sites for hydroxylation is 2. The molecule has 0 bridgehead atoms. The highest BCUT2D eigenvalue weighted by Crippen LogP contribution is 2.28. The Labute approximate surface area is 246 Å². The summed E-state index contributed by atoms with van der Waals surface area (Å²) in [5.41, 5.74) is 9.34. The molecule has 9 nitrogen and oxygen atoms in total. The number of hydrogen-bond donors (Lipinski definition) is 2. The Hall–Kier alpha value is -4.60. The minimum atomic E-state index is 0.00191. The van der Waals surface area contributed by atoms with Gasteiger partial charge in [-0.1, -0.05) is 59.3 Å². The van der Waals surface area contributed by atoms with Crippen LogP contribution in [0.2, 0.25) is 0 Å². The Morgan fingerprint density at radius 2 is 1.50 bits per heavy atom. The minimum Gasteiger partial charge on any atom is -0.359 e. The lowest BCUT2D eigenvalue weighted by Gasteiger charge is -2.25. The number of benzene rings is 3. The van der Waals surface area contributed by atoms with Crippen LogP contribution in [0.5, 0.6) is 0 Å². The van der Waals surface area contributed by atoms with Crippen molar-refractivity contribution >= 4 is 5.91 Å². The standard InChI is InChI=1S/C33H36N8O/c1-24-3-5-25(6-4-24)26-7-9-27(10-8-26)32-21-28(11-16-33(42)34-2)37-41(32)31-14-12-30(13-15-31)40-23-29(36-38-40)22-39-19-17-35-18-20-39/h3-10,12-15,21,23,35H,11,16-20,22H2,1-2H3,(H,34,42). The molecule has 0 unspecified atom stereocenters. The molecule has 1 saturated heterocycles. The van der Waals surface area contributed by atoms with E-state index >= 15 is 0 Å². The molecule has 3 aromatic carbocycles. The summed E-state index contributed by atoms with van der Waals surface area (Å²) in [6.07, 6.45) is 2.96. The molecule has 3 heterocycles. The molecule has 1 amide bonds. The van der Waals surface area contributed by atoms with E-state index in [0.717, 1.165) is 72.3 Å². The zero-order valence-corrected chi connectivity index (χ0v) is 24.1. The van der Waals surface area contributed by atoms with Gasteiger partial charge in [0, 0.05) is 58.2 Å². The van der Waals surface area contributed by atoms with Crippen molar-refractivity contribution in [2.75, 3.05) is 33.2 Å². The number of nitrogens with zero attached hydrogens (tertiary/aromatic N) is 6. The molecular formula is C33H36N8O. The predicted octanol–water partition coefficient (Wildman–Crippen LogP) is 4.18. The quantitative estimate of drug-likeness (QED) is 0.281. The van der Waals surface area contributed by atoms with E-state index < -0.39 is 0 Å². The summed E-state index contributed by atoms with van der Waals surface area (Å²) in [6.45, 7) is 6.96. The normalized spacial score (nSPS) is 13.8. The van der Waals surface area contributed by atoms with Crippen LogP contribution in [0.25, 0.3) is 33.8 Å². The Balaban J connectivity index is 1.26. The molecule has 5 aromatic rings. The highest BCUT2D eigenvalue weighted by atomic mass is 16.1. The lowest BCUT2D eigenvalue weighted by Crippen LogP contribution is -2.42. The van der Waals surface area contributed by atoms with E-state index in [9.17, 15) is 4.79 Å². The van der Waals surface area contributed by atoms with Crippen molar-refractivity contribution in [1.82, 2.24) is 40.3 Å². The van der Waals surface area contributed by atoms with Crippen molar-refractivity contribution in [3.05, 3.63) is 102 Å². The van der Waals surface area contributed by atoms with E-state index in [4.69, 9.17) is 5.10 Å². The number of piperazine rings is 1. The van der Waals surface area contributed by atoms with Crippen LogP contribution < -0.4 is 10.6 Å². The van der Waals surface area contributed by atoms with E-state index in [2.05, 4.69) is 87.4 Å². The lowest BCUT2D eigenvalue weighted by atomic mass is 10.0. The van der Waals surface area contributed by atoms with Gasteiger partial charge >= 0.3 is 0 Å². The second-order valence-corrected chi connectivity index (χ2v) is 10.7. The second-order valence-electron chi connectivity index (χ2n) is 10.7. The molecule has 6 rings (SSSR count). The summed E-state index contributed by atoms with van der Waals surface area (Å²) in [5, 5.41) is 19.8. The first-order valence-corrected chi connectivity index (χ1v) is 14.5. The van der Waals surface area contributed by atoms with Gasteiger partial charge in [0.05, 0.1) is 34.7 Å². The average molecular weight is 561 g/mol. The van der Waals surface area contributed by atoms with Gasteiger partial charge in [-0.25, -0.2) is 9.36 Å². The molecule has 0 saturated carbocycles. The summed E-state index contributed by atoms with van der Waals surface area (Å²) >= 11 is 0. The van der Waals surface area contributed by atoms with Gasteiger partial charge in [0.15, 0.2) is 0 Å². The largest absolute Gasteiger partial charge is 0.359 e. The van der Waals surface area contributed by atoms with E-state index in [0.29, 0.717) is 12.8 Å². The highest BCUT2D eigenvalue weighted by molar-refractivity contribution is 5.76. The molecule has 0 aliphatic carbocycles. The number of carbonyl (C=O) groups excluding carboxylic acids is 1. The number of amides is 1. The Bertz CT molecular complexity index is 1630. The van der Waals surface area contributed by atoms with Crippen molar-refractivity contribution in [3.8, 4) is 33.8 Å². The van der Waals surface area contributed by atoms with Crippen molar-refractivity contribution in [1.29, 1.82) is 0 Å². The maximum Gasteiger partial charge on any atom is 0.220 e. The zero-order valence-electron chi connectivity index (χ0n) is 24.1. The Morgan fingerprint density at radius 1 is 0.857 bits per heavy atom. The van der Waals surface area contributed by atoms with E-state index in [1.807, 2.05) is 39.8 Å². The van der Waals surface area contributed by atoms with Crippen molar-refractivity contribution in [2.45, 2.75) is 26.3 Å². The predicted molar refractivity (Wildman–Crippen MR) is 165 cm³/mol. The summed E-state index contributed by atoms with van der Waals surface area (Å²) in [7, 11) is 1.66. The van der Waals surface area contributed by atoms with Gasteiger partial charge in [-0.3, -0.25) is 9.69 Å². The first-order valence-electron chi connectivity index (χ1n) is 14.5. The fourth-order valence-electron chi connectivity index (χ4n) is 5.24. The molecule has 0 atom stereocenters. The maximum absolute atomic E-state index is 11.9. The third-order valence-corrected chi connectivity index (χ3v) is 7.71. The Kier molecular flexibility index (Phi) is 8.21. The molecule has 2 N–H and O–H groups in total. The summed E-state index contributed by atoms with van der Waals surface area (Å²) in [4.78, 5) is 14.3. The van der Waals surface area contributed by atoms with E-state index in [1.165, 1.54) is 11.1 Å². The van der Waals surface area contributed by atoms with Crippen molar-refractivity contribution < 1.29 is 4.79 Å². The maximum atomic E-state index is 11.9. The number of hydrogen-bond acceptors (Lipinski definition) is 6. The molecule has 1 aliphatic heterocycles. The molecule has 2 aromatic heterocycles. The molecule has 9 heteroatoms. The molecular weight excluding hydrogens is 524 g/mol. The number of nitrogens with one attached hydrogen (secondary N) is 2. The molecule has 1 aliphatic rings. The second kappa shape index (κ2) is 12.5. The van der Waals surface area contributed by atoms with Crippen LogP contribution >= 0.6 is 0 Å². The molecule has 42 heavy (non-hydrogen) atoms. The fraction of sp³-hybridized carbons (Fsp3) is 0.273. The lowest BCUT2D eigenvalue weighted by molar-refractivity contribution is -0.120. The minimum absolute atomic E-state index is 0.00191. The van der Waals surface area contributed by atoms with Crippen LogP contribution in [0.15, 0.2) is 85.1 Å². The summed E-state index contributed by atoms with van der Waals surface area (Å²) in [6, 6.07) is 27.4. The average Bonchev–Trinajstić information content (AvgIpc) is 3.68. The third kappa shape index (κ3) is 6.32. The first-order chi connectivity index (χ1) is 20.6. The van der Waals surface area contributed by atoms with Crippen LogP contribution in [0.3, 0.4) is 0 Å². The van der Waals surface area contributed by atoms with Gasteiger partial charge in [-0.15, -0.1) is 5.10 Å². The third-order valence-electron chi connectivity index (χ3n) is 7.71. The highest BCUT2D eigenvalue weighted by Gasteiger charge is 2.15. The smallest absolute Gasteiger partial charge is 0.220 e. The molecule has 214 valence electrons. The van der Waals surface area contributed by atoms with E-state index in [1.54, 1.807) is 7.05 Å². The van der Waals surface area contributed by atoms with E-state index in [-0.39, 0.29) is 5.91 Å². The van der Waals surface area contributed by atoms with Crippen LogP contribution in [0.4, 0.5) is 0 Å². The zero-order chi connectivity index (χ0) is 28.9. The van der Waals surface area contributed by atoms with Gasteiger partial charge in [0.1, 0.15) is 0 Å². The summed E-state index contributed by atoms with van der Waals surface area (Å²) in [5.74, 6) is 0.00191. The van der Waals surface area contributed by atoms with Crippen LogP contribution in [-0.4, -0.2) is 68.8 Å². The van der Waals surface area contributed by atoms with Gasteiger partial charge in [0.2, 0.25) is 5.91 Å². The van der Waals surface area contributed by atoms with Crippen LogP contribution in [0, 0.1) is 6.92 Å². The van der Waals surface area contributed by atoms with Crippen molar-refractivity contribution in [3.63, 3.8) is 0 Å². The molecule has 0 spiro atoms. The first kappa shape index (κ1) is 27.6. The summed E-state index contributed by atoms with van der Waals surface area (Å²) < 4.78 is 3.78. The SMILES string of the molecule is CNC(=O)CCc1cc(-c2ccc(-c3ccc(C)cc3)cc2)n(-c2ccc(-n3cc(CN4CCNCC4)nn3)cc2)n1. The van der Waals surface area contributed by atoms with Crippen LogP contribution in [-0.2, 0) is 17.8 Å². The van der Waals surface area contributed by atoms with Gasteiger partial charge in [0.25, 0.3) is 0 Å². The molecule has 1 fully saturated rings. The number of carbonyl (C=O) groups is 1.